The minimum atomic E-state index is 0.131. The van der Waals surface area contributed by atoms with Gasteiger partial charge >= 0.3 is 0 Å². The second kappa shape index (κ2) is 6.24. The Labute approximate surface area is 119 Å². The maximum atomic E-state index is 9.80. The molecule has 0 heterocycles. The highest BCUT2D eigenvalue weighted by molar-refractivity contribution is 9.10. The van der Waals surface area contributed by atoms with E-state index < -0.39 is 0 Å². The highest BCUT2D eigenvalue weighted by Crippen LogP contribution is 2.31. The van der Waals surface area contributed by atoms with Crippen LogP contribution in [-0.4, -0.2) is 18.4 Å². The highest BCUT2D eigenvalue weighted by Gasteiger charge is 2.06. The second-order valence-corrected chi connectivity index (χ2v) is 4.64. The molecular weight excluding hydrogens is 308 g/mol. The summed E-state index contributed by atoms with van der Waals surface area (Å²) in [5.41, 5.74) is 4.33. The zero-order valence-corrected chi connectivity index (χ0v) is 11.9. The normalized spacial score (nSPS) is 10.6. The van der Waals surface area contributed by atoms with Crippen molar-refractivity contribution in [2.45, 2.75) is 0 Å². The number of ether oxygens (including phenoxy) is 1. The summed E-state index contributed by atoms with van der Waals surface area (Å²) in [6.07, 6.45) is 1.54. The number of nitrogens with zero attached hydrogens (tertiary/aromatic N) is 1. The molecule has 2 rings (SSSR count). The first kappa shape index (κ1) is 13.4. The van der Waals surface area contributed by atoms with E-state index in [4.69, 9.17) is 4.74 Å². The molecule has 0 aliphatic heterocycles. The number of phenols is 1. The molecule has 98 valence electrons. The molecule has 0 radical (unpaired) electrons. The largest absolute Gasteiger partial charge is 0.507 e. The van der Waals surface area contributed by atoms with Crippen LogP contribution >= 0.6 is 15.9 Å². The van der Waals surface area contributed by atoms with Gasteiger partial charge in [0.1, 0.15) is 11.5 Å². The third-order valence-corrected chi connectivity index (χ3v) is 3.09. The maximum absolute atomic E-state index is 9.80. The van der Waals surface area contributed by atoms with Crippen molar-refractivity contribution in [3.05, 3.63) is 52.5 Å². The molecular formula is C14H13BrN2O2. The van der Waals surface area contributed by atoms with E-state index in [9.17, 15) is 5.11 Å². The zero-order chi connectivity index (χ0) is 13.7. The van der Waals surface area contributed by atoms with Crippen molar-refractivity contribution in [2.75, 3.05) is 12.5 Å². The number of anilines is 1. The summed E-state index contributed by atoms with van der Waals surface area (Å²) in [6.45, 7) is 0. The molecule has 0 bridgehead atoms. The van der Waals surface area contributed by atoms with Gasteiger partial charge in [0.25, 0.3) is 0 Å². The lowest BCUT2D eigenvalue weighted by molar-refractivity contribution is 0.409. The lowest BCUT2D eigenvalue weighted by Crippen LogP contribution is -1.92. The van der Waals surface area contributed by atoms with Crippen molar-refractivity contribution in [3.8, 4) is 11.5 Å². The Balaban J connectivity index is 2.15. The van der Waals surface area contributed by atoms with Crippen molar-refractivity contribution < 1.29 is 9.84 Å². The molecule has 0 saturated carbocycles. The number of benzene rings is 2. The van der Waals surface area contributed by atoms with Crippen LogP contribution in [0.3, 0.4) is 0 Å². The number of rotatable bonds is 4. The van der Waals surface area contributed by atoms with Crippen LogP contribution in [0, 0.1) is 0 Å². The molecule has 2 N–H and O–H groups in total. The standard InChI is InChI=1S/C14H13BrN2O2/c1-19-14-7-10(13(18)8-12(14)15)9-16-17-11-5-3-2-4-6-11/h2-9,17-18H,1H3. The molecule has 0 unspecified atom stereocenters. The summed E-state index contributed by atoms with van der Waals surface area (Å²) in [7, 11) is 1.57. The molecule has 19 heavy (non-hydrogen) atoms. The molecule has 0 atom stereocenters. The summed E-state index contributed by atoms with van der Waals surface area (Å²) in [5.74, 6) is 0.769. The van der Waals surface area contributed by atoms with Crippen LogP contribution in [0.5, 0.6) is 11.5 Å². The zero-order valence-electron chi connectivity index (χ0n) is 10.3. The van der Waals surface area contributed by atoms with E-state index in [0.717, 1.165) is 5.69 Å². The first-order valence-electron chi connectivity index (χ1n) is 5.61. The van der Waals surface area contributed by atoms with Gasteiger partial charge in [0.15, 0.2) is 0 Å². The van der Waals surface area contributed by atoms with Gasteiger partial charge in [-0.05, 0) is 40.2 Å². The van der Waals surface area contributed by atoms with Crippen LogP contribution in [0.4, 0.5) is 5.69 Å². The Morgan fingerprint density at radius 3 is 2.68 bits per heavy atom. The van der Waals surface area contributed by atoms with Crippen molar-refractivity contribution in [1.29, 1.82) is 0 Å². The van der Waals surface area contributed by atoms with Crippen molar-refractivity contribution in [2.24, 2.45) is 5.10 Å². The van der Waals surface area contributed by atoms with Gasteiger partial charge in [-0.1, -0.05) is 18.2 Å². The summed E-state index contributed by atoms with van der Waals surface area (Å²) in [5, 5.41) is 13.9. The van der Waals surface area contributed by atoms with Gasteiger partial charge in [0.05, 0.1) is 23.5 Å². The van der Waals surface area contributed by atoms with E-state index in [2.05, 4.69) is 26.5 Å². The number of para-hydroxylation sites is 1. The van der Waals surface area contributed by atoms with Gasteiger partial charge in [0.2, 0.25) is 0 Å². The molecule has 0 fully saturated rings. The van der Waals surface area contributed by atoms with Crippen molar-refractivity contribution in [3.63, 3.8) is 0 Å². The van der Waals surface area contributed by atoms with E-state index in [-0.39, 0.29) is 5.75 Å². The first-order chi connectivity index (χ1) is 9.20. The topological polar surface area (TPSA) is 53.8 Å². The highest BCUT2D eigenvalue weighted by atomic mass is 79.9. The van der Waals surface area contributed by atoms with Crippen molar-refractivity contribution in [1.82, 2.24) is 0 Å². The molecule has 0 aliphatic rings. The molecule has 5 heteroatoms. The van der Waals surface area contributed by atoms with Gasteiger partial charge in [-0.3, -0.25) is 5.43 Å². The molecule has 0 saturated heterocycles. The predicted octanol–water partition coefficient (Wildman–Crippen LogP) is 3.61. The van der Waals surface area contributed by atoms with Gasteiger partial charge in [-0.15, -0.1) is 0 Å². The van der Waals surface area contributed by atoms with Crippen LogP contribution in [-0.2, 0) is 0 Å². The quantitative estimate of drug-likeness (QED) is 0.668. The van der Waals surface area contributed by atoms with Crippen LogP contribution in [0.15, 0.2) is 52.0 Å². The Morgan fingerprint density at radius 1 is 1.26 bits per heavy atom. The van der Waals surface area contributed by atoms with Crippen LogP contribution in [0.25, 0.3) is 0 Å². The minimum absolute atomic E-state index is 0.131. The van der Waals surface area contributed by atoms with E-state index >= 15 is 0 Å². The van der Waals surface area contributed by atoms with Gasteiger partial charge in [-0.2, -0.15) is 5.10 Å². The monoisotopic (exact) mass is 320 g/mol. The molecule has 2 aromatic rings. The average Bonchev–Trinajstić information content (AvgIpc) is 2.42. The number of hydrogen-bond acceptors (Lipinski definition) is 4. The first-order valence-corrected chi connectivity index (χ1v) is 6.40. The predicted molar refractivity (Wildman–Crippen MR) is 80.0 cm³/mol. The van der Waals surface area contributed by atoms with E-state index in [1.807, 2.05) is 30.3 Å². The molecule has 0 spiro atoms. The number of methoxy groups -OCH3 is 1. The fourth-order valence-electron chi connectivity index (χ4n) is 1.51. The second-order valence-electron chi connectivity index (χ2n) is 3.78. The van der Waals surface area contributed by atoms with Gasteiger partial charge in [-0.25, -0.2) is 0 Å². The number of nitrogens with one attached hydrogen (secondary N) is 1. The number of phenolic OH excluding ortho intramolecular Hbond substituents is 1. The molecule has 4 nitrogen and oxygen atoms in total. The van der Waals surface area contributed by atoms with Crippen LogP contribution in [0.1, 0.15) is 5.56 Å². The summed E-state index contributed by atoms with van der Waals surface area (Å²) in [6, 6.07) is 12.8. The Kier molecular flexibility index (Phi) is 4.41. The summed E-state index contributed by atoms with van der Waals surface area (Å²) in [4.78, 5) is 0. The fourth-order valence-corrected chi connectivity index (χ4v) is 2.00. The molecule has 2 aromatic carbocycles. The maximum Gasteiger partial charge on any atom is 0.133 e. The third kappa shape index (κ3) is 3.48. The number of aromatic hydroxyl groups is 1. The average molecular weight is 321 g/mol. The molecule has 0 aromatic heterocycles. The Bertz CT molecular complexity index is 585. The lowest BCUT2D eigenvalue weighted by atomic mass is 10.2. The lowest BCUT2D eigenvalue weighted by Gasteiger charge is -2.06. The molecule has 0 aliphatic carbocycles. The van der Waals surface area contributed by atoms with E-state index in [0.29, 0.717) is 15.8 Å². The SMILES string of the molecule is COc1cc(C=NNc2ccccc2)c(O)cc1Br. The van der Waals surface area contributed by atoms with Crippen molar-refractivity contribution >= 4 is 27.8 Å². The van der Waals surface area contributed by atoms with Gasteiger partial charge in [0, 0.05) is 5.56 Å². The summed E-state index contributed by atoms with van der Waals surface area (Å²) >= 11 is 3.30. The molecule has 0 amide bonds. The summed E-state index contributed by atoms with van der Waals surface area (Å²) < 4.78 is 5.86. The number of halogens is 1. The number of hydrazone groups is 1. The smallest absolute Gasteiger partial charge is 0.133 e. The van der Waals surface area contributed by atoms with E-state index in [1.54, 1.807) is 19.2 Å². The Hall–Kier alpha value is -2.01. The van der Waals surface area contributed by atoms with Crippen LogP contribution in [0.2, 0.25) is 0 Å². The Morgan fingerprint density at radius 2 is 2.00 bits per heavy atom. The minimum Gasteiger partial charge on any atom is -0.507 e. The number of hydrogen-bond donors (Lipinski definition) is 2. The fraction of sp³-hybridized carbons (Fsp3) is 0.0714. The third-order valence-electron chi connectivity index (χ3n) is 2.47. The van der Waals surface area contributed by atoms with Crippen LogP contribution < -0.4 is 10.2 Å². The van der Waals surface area contributed by atoms with Gasteiger partial charge < -0.3 is 9.84 Å². The van der Waals surface area contributed by atoms with E-state index in [1.165, 1.54) is 6.21 Å².